The molecule has 1 aromatic heterocycles. The fourth-order valence-corrected chi connectivity index (χ4v) is 3.24. The van der Waals surface area contributed by atoms with Crippen LogP contribution >= 0.6 is 15.9 Å². The lowest BCUT2D eigenvalue weighted by molar-refractivity contribution is -0.143. The summed E-state index contributed by atoms with van der Waals surface area (Å²) in [6.45, 7) is 5.30. The van der Waals surface area contributed by atoms with Crippen molar-refractivity contribution in [3.63, 3.8) is 0 Å². The first kappa shape index (κ1) is 13.6. The fraction of sp³-hybridized carbons (Fsp3) is 0.692. The number of hydrogen-bond donors (Lipinski definition) is 0. The first-order valence-electron chi connectivity index (χ1n) is 6.37. The molecular formula is C13H19BrN2O2. The molecule has 1 aliphatic heterocycles. The SMILES string of the molecule is COC(=O)C1CCCn2c(CC(C)C)nc(Br)c21. The number of imidazole rings is 1. The van der Waals surface area contributed by atoms with E-state index in [1.165, 1.54) is 7.11 Å². The van der Waals surface area contributed by atoms with Gasteiger partial charge in [0.1, 0.15) is 10.4 Å². The molecule has 0 spiro atoms. The van der Waals surface area contributed by atoms with E-state index in [0.29, 0.717) is 5.92 Å². The maximum Gasteiger partial charge on any atom is 0.314 e. The van der Waals surface area contributed by atoms with Crippen molar-refractivity contribution in [3.8, 4) is 0 Å². The molecule has 5 heteroatoms. The van der Waals surface area contributed by atoms with Crippen LogP contribution in [0.25, 0.3) is 0 Å². The largest absolute Gasteiger partial charge is 0.469 e. The zero-order valence-corrected chi connectivity index (χ0v) is 12.7. The molecule has 2 rings (SSSR count). The molecule has 100 valence electrons. The Balaban J connectivity index is 2.39. The van der Waals surface area contributed by atoms with E-state index >= 15 is 0 Å². The van der Waals surface area contributed by atoms with Gasteiger partial charge in [0, 0.05) is 13.0 Å². The monoisotopic (exact) mass is 314 g/mol. The standard InChI is InChI=1S/C13H19BrN2O2/c1-8(2)7-10-15-12(14)11-9(13(17)18-3)5-4-6-16(10)11/h8-9H,4-7H2,1-3H3. The Hall–Kier alpha value is -0.840. The number of carbonyl (C=O) groups is 1. The highest BCUT2D eigenvalue weighted by molar-refractivity contribution is 9.10. The van der Waals surface area contributed by atoms with Crippen LogP contribution in [0, 0.1) is 5.92 Å². The number of ether oxygens (including phenoxy) is 1. The topological polar surface area (TPSA) is 44.1 Å². The van der Waals surface area contributed by atoms with Gasteiger partial charge in [-0.2, -0.15) is 0 Å². The molecule has 0 saturated carbocycles. The van der Waals surface area contributed by atoms with E-state index in [0.717, 1.165) is 41.9 Å². The number of nitrogens with zero attached hydrogens (tertiary/aromatic N) is 2. The number of methoxy groups -OCH3 is 1. The molecule has 0 amide bonds. The summed E-state index contributed by atoms with van der Waals surface area (Å²) in [5.74, 6) is 1.29. The van der Waals surface area contributed by atoms with Gasteiger partial charge in [0.05, 0.1) is 18.7 Å². The summed E-state index contributed by atoms with van der Waals surface area (Å²) in [5, 5.41) is 0. The van der Waals surface area contributed by atoms with E-state index in [9.17, 15) is 4.79 Å². The summed E-state index contributed by atoms with van der Waals surface area (Å²) in [7, 11) is 1.45. The van der Waals surface area contributed by atoms with E-state index in [-0.39, 0.29) is 11.9 Å². The Bertz CT molecular complexity index is 454. The molecule has 1 unspecified atom stereocenters. The molecule has 2 heterocycles. The third-order valence-corrected chi connectivity index (χ3v) is 3.91. The maximum absolute atomic E-state index is 11.8. The highest BCUT2D eigenvalue weighted by Gasteiger charge is 2.32. The lowest BCUT2D eigenvalue weighted by atomic mass is 9.96. The summed E-state index contributed by atoms with van der Waals surface area (Å²) < 4.78 is 7.88. The molecule has 1 aromatic rings. The minimum absolute atomic E-state index is 0.160. The Labute approximate surface area is 116 Å². The van der Waals surface area contributed by atoms with Crippen molar-refractivity contribution >= 4 is 21.9 Å². The molecule has 0 fully saturated rings. The fourth-order valence-electron chi connectivity index (χ4n) is 2.55. The third kappa shape index (κ3) is 2.46. The van der Waals surface area contributed by atoms with Gasteiger partial charge in [-0.3, -0.25) is 4.79 Å². The van der Waals surface area contributed by atoms with Crippen molar-refractivity contribution < 1.29 is 9.53 Å². The molecule has 0 aliphatic carbocycles. The number of fused-ring (bicyclic) bond motifs is 1. The Morgan fingerprint density at radius 1 is 1.61 bits per heavy atom. The number of rotatable bonds is 3. The number of hydrogen-bond acceptors (Lipinski definition) is 3. The van der Waals surface area contributed by atoms with Gasteiger partial charge in [0.15, 0.2) is 0 Å². The Kier molecular flexibility index (Phi) is 4.10. The predicted molar refractivity (Wildman–Crippen MR) is 72.5 cm³/mol. The van der Waals surface area contributed by atoms with Crippen molar-refractivity contribution in [2.24, 2.45) is 5.92 Å². The van der Waals surface area contributed by atoms with E-state index in [1.807, 2.05) is 0 Å². The second-order valence-electron chi connectivity index (χ2n) is 5.17. The number of carbonyl (C=O) groups excluding carboxylic acids is 1. The lowest BCUT2D eigenvalue weighted by Gasteiger charge is -2.24. The highest BCUT2D eigenvalue weighted by Crippen LogP contribution is 2.35. The average Bonchev–Trinajstić information content (AvgIpc) is 2.65. The normalized spacial score (nSPS) is 18.8. The van der Waals surface area contributed by atoms with Gasteiger partial charge in [-0.25, -0.2) is 4.98 Å². The van der Waals surface area contributed by atoms with Gasteiger partial charge in [-0.05, 0) is 34.7 Å². The quantitative estimate of drug-likeness (QED) is 0.806. The van der Waals surface area contributed by atoms with Gasteiger partial charge in [0.25, 0.3) is 0 Å². The molecule has 4 nitrogen and oxygen atoms in total. The van der Waals surface area contributed by atoms with Crippen molar-refractivity contribution in [2.45, 2.75) is 45.6 Å². The second kappa shape index (κ2) is 5.43. The molecule has 0 N–H and O–H groups in total. The van der Waals surface area contributed by atoms with Crippen LogP contribution in [0.3, 0.4) is 0 Å². The van der Waals surface area contributed by atoms with Gasteiger partial charge < -0.3 is 9.30 Å². The van der Waals surface area contributed by atoms with Crippen LogP contribution in [0.4, 0.5) is 0 Å². The van der Waals surface area contributed by atoms with Gasteiger partial charge >= 0.3 is 5.97 Å². The van der Waals surface area contributed by atoms with Crippen LogP contribution in [-0.4, -0.2) is 22.6 Å². The van der Waals surface area contributed by atoms with E-state index in [2.05, 4.69) is 39.3 Å². The number of halogens is 1. The number of aromatic nitrogens is 2. The van der Waals surface area contributed by atoms with Crippen molar-refractivity contribution in [1.82, 2.24) is 9.55 Å². The van der Waals surface area contributed by atoms with Crippen LogP contribution in [0.5, 0.6) is 0 Å². The van der Waals surface area contributed by atoms with E-state index < -0.39 is 0 Å². The zero-order valence-electron chi connectivity index (χ0n) is 11.1. The third-order valence-electron chi connectivity index (χ3n) is 3.32. The molecule has 0 radical (unpaired) electrons. The minimum atomic E-state index is -0.175. The molecule has 1 atom stereocenters. The Morgan fingerprint density at radius 2 is 2.33 bits per heavy atom. The molecular weight excluding hydrogens is 296 g/mol. The van der Waals surface area contributed by atoms with Crippen molar-refractivity contribution in [2.75, 3.05) is 7.11 Å². The summed E-state index contributed by atoms with van der Waals surface area (Å²) in [6, 6.07) is 0. The lowest BCUT2D eigenvalue weighted by Crippen LogP contribution is -2.24. The van der Waals surface area contributed by atoms with Gasteiger partial charge in [-0.1, -0.05) is 13.8 Å². The van der Waals surface area contributed by atoms with Crippen LogP contribution < -0.4 is 0 Å². The van der Waals surface area contributed by atoms with Crippen LogP contribution in [-0.2, 0) is 22.5 Å². The first-order chi connectivity index (χ1) is 8.54. The summed E-state index contributed by atoms with van der Waals surface area (Å²) in [6.07, 6.45) is 2.78. The summed E-state index contributed by atoms with van der Waals surface area (Å²) in [5.41, 5.74) is 0.990. The smallest absolute Gasteiger partial charge is 0.314 e. The van der Waals surface area contributed by atoms with E-state index in [1.54, 1.807) is 0 Å². The average molecular weight is 315 g/mol. The minimum Gasteiger partial charge on any atom is -0.469 e. The van der Waals surface area contributed by atoms with E-state index in [4.69, 9.17) is 4.74 Å². The van der Waals surface area contributed by atoms with Crippen LogP contribution in [0.1, 0.15) is 44.1 Å². The molecule has 18 heavy (non-hydrogen) atoms. The first-order valence-corrected chi connectivity index (χ1v) is 7.16. The molecule has 0 bridgehead atoms. The molecule has 1 aliphatic rings. The summed E-state index contributed by atoms with van der Waals surface area (Å²) >= 11 is 3.49. The Morgan fingerprint density at radius 3 is 2.94 bits per heavy atom. The van der Waals surface area contributed by atoms with Gasteiger partial charge in [0.2, 0.25) is 0 Å². The predicted octanol–water partition coefficient (Wildman–Crippen LogP) is 2.89. The van der Waals surface area contributed by atoms with Gasteiger partial charge in [-0.15, -0.1) is 0 Å². The second-order valence-corrected chi connectivity index (χ2v) is 5.92. The van der Waals surface area contributed by atoms with Crippen LogP contribution in [0.2, 0.25) is 0 Å². The van der Waals surface area contributed by atoms with Crippen LogP contribution in [0.15, 0.2) is 4.60 Å². The molecule has 0 aromatic carbocycles. The van der Waals surface area contributed by atoms with Crippen molar-refractivity contribution in [1.29, 1.82) is 0 Å². The number of esters is 1. The zero-order chi connectivity index (χ0) is 13.3. The summed E-state index contributed by atoms with van der Waals surface area (Å²) in [4.78, 5) is 16.4. The highest BCUT2D eigenvalue weighted by atomic mass is 79.9. The maximum atomic E-state index is 11.8. The molecule has 0 saturated heterocycles. The van der Waals surface area contributed by atoms with Crippen molar-refractivity contribution in [3.05, 3.63) is 16.1 Å².